The van der Waals surface area contributed by atoms with E-state index in [-0.39, 0.29) is 5.69 Å². The minimum absolute atomic E-state index is 0.0478. The minimum atomic E-state index is -1.07. The Hall–Kier alpha value is -1.91. The molecule has 0 aliphatic rings. The second kappa shape index (κ2) is 5.09. The Morgan fingerprint density at radius 3 is 2.73 bits per heavy atom. The zero-order chi connectivity index (χ0) is 11.3. The van der Waals surface area contributed by atoms with Gasteiger partial charge in [0.25, 0.3) is 0 Å². The number of aromatic nitrogens is 2. The Bertz CT molecular complexity index is 348. The number of aromatic carboxylic acids is 1. The molecule has 0 atom stereocenters. The van der Waals surface area contributed by atoms with E-state index < -0.39 is 5.97 Å². The first-order valence-electron chi connectivity index (χ1n) is 4.60. The monoisotopic (exact) mass is 207 g/mol. The van der Waals surface area contributed by atoms with Gasteiger partial charge >= 0.3 is 5.97 Å². The highest BCUT2D eigenvalue weighted by Crippen LogP contribution is 2.08. The van der Waals surface area contributed by atoms with Crippen molar-refractivity contribution in [2.24, 2.45) is 0 Å². The predicted molar refractivity (Wildman–Crippen MR) is 57.1 cm³/mol. The summed E-state index contributed by atoms with van der Waals surface area (Å²) in [5, 5.41) is 8.64. The molecule has 0 fully saturated rings. The van der Waals surface area contributed by atoms with Gasteiger partial charge in [-0.1, -0.05) is 6.08 Å². The average Bonchev–Trinajstić information content (AvgIpc) is 2.26. The second-order valence-electron chi connectivity index (χ2n) is 2.89. The summed E-state index contributed by atoms with van der Waals surface area (Å²) in [5.74, 6) is -0.414. The molecule has 0 spiro atoms. The second-order valence-corrected chi connectivity index (χ2v) is 2.89. The molecule has 1 aromatic rings. The lowest BCUT2D eigenvalue weighted by molar-refractivity contribution is 0.0690. The number of nitrogens with zero attached hydrogens (tertiary/aromatic N) is 3. The molecule has 80 valence electrons. The van der Waals surface area contributed by atoms with Gasteiger partial charge in [0.05, 0.1) is 12.4 Å². The maximum atomic E-state index is 10.5. The van der Waals surface area contributed by atoms with Crippen molar-refractivity contribution in [2.75, 3.05) is 18.0 Å². The molecule has 0 radical (unpaired) electrons. The number of hydrogen-bond donors (Lipinski definition) is 1. The van der Waals surface area contributed by atoms with Crippen LogP contribution in [0.25, 0.3) is 0 Å². The number of carbonyl (C=O) groups is 1. The van der Waals surface area contributed by atoms with Crippen LogP contribution in [0.2, 0.25) is 0 Å². The fourth-order valence-corrected chi connectivity index (χ4v) is 1.14. The van der Waals surface area contributed by atoms with Gasteiger partial charge in [0, 0.05) is 13.1 Å². The molecule has 5 heteroatoms. The topological polar surface area (TPSA) is 66.3 Å². The lowest BCUT2D eigenvalue weighted by atomic mass is 10.4. The van der Waals surface area contributed by atoms with Crippen molar-refractivity contribution in [3.63, 3.8) is 0 Å². The lowest BCUT2D eigenvalue weighted by Crippen LogP contribution is -2.23. The van der Waals surface area contributed by atoms with Gasteiger partial charge < -0.3 is 10.0 Å². The molecule has 1 rings (SSSR count). The molecule has 0 aliphatic carbocycles. The van der Waals surface area contributed by atoms with Crippen LogP contribution in [0.5, 0.6) is 0 Å². The number of carboxylic acids is 1. The van der Waals surface area contributed by atoms with Gasteiger partial charge in [0.2, 0.25) is 0 Å². The molecule has 0 aromatic carbocycles. The third-order valence-corrected chi connectivity index (χ3v) is 1.91. The van der Waals surface area contributed by atoms with Crippen LogP contribution in [-0.4, -0.2) is 34.1 Å². The Morgan fingerprint density at radius 1 is 1.60 bits per heavy atom. The third-order valence-electron chi connectivity index (χ3n) is 1.91. The largest absolute Gasteiger partial charge is 0.476 e. The van der Waals surface area contributed by atoms with Crippen LogP contribution in [0, 0.1) is 0 Å². The third kappa shape index (κ3) is 2.77. The number of rotatable bonds is 5. The van der Waals surface area contributed by atoms with Gasteiger partial charge in [-0.25, -0.2) is 14.8 Å². The molecule has 0 amide bonds. The van der Waals surface area contributed by atoms with E-state index in [1.165, 1.54) is 12.4 Å². The molecule has 1 N–H and O–H groups in total. The SMILES string of the molecule is C=CCN(CC)c1cnc(C(=O)O)cn1. The fourth-order valence-electron chi connectivity index (χ4n) is 1.14. The maximum Gasteiger partial charge on any atom is 0.356 e. The smallest absolute Gasteiger partial charge is 0.356 e. The molecule has 0 aliphatic heterocycles. The summed E-state index contributed by atoms with van der Waals surface area (Å²) in [5.41, 5.74) is -0.0478. The van der Waals surface area contributed by atoms with Crippen molar-refractivity contribution in [2.45, 2.75) is 6.92 Å². The highest BCUT2D eigenvalue weighted by Gasteiger charge is 2.07. The molecular formula is C10H13N3O2. The summed E-state index contributed by atoms with van der Waals surface area (Å²) in [6, 6.07) is 0. The number of likely N-dealkylation sites (N-methyl/N-ethyl adjacent to an activating group) is 1. The molecule has 0 unspecified atom stereocenters. The van der Waals surface area contributed by atoms with Gasteiger partial charge in [0.1, 0.15) is 5.82 Å². The molecule has 1 aromatic heterocycles. The molecule has 0 saturated carbocycles. The first-order chi connectivity index (χ1) is 7.19. The van der Waals surface area contributed by atoms with Crippen molar-refractivity contribution in [1.29, 1.82) is 0 Å². The summed E-state index contributed by atoms with van der Waals surface area (Å²) in [4.78, 5) is 20.3. The van der Waals surface area contributed by atoms with Crippen LogP contribution in [0.15, 0.2) is 25.0 Å². The normalized spacial score (nSPS) is 9.67. The minimum Gasteiger partial charge on any atom is -0.476 e. The standard InChI is InChI=1S/C10H13N3O2/c1-3-5-13(4-2)9-7-11-8(6-12-9)10(14)15/h3,6-7H,1,4-5H2,2H3,(H,14,15). The van der Waals surface area contributed by atoms with Gasteiger partial charge in [0.15, 0.2) is 5.69 Å². The van der Waals surface area contributed by atoms with E-state index >= 15 is 0 Å². The molecular weight excluding hydrogens is 194 g/mol. The molecule has 0 bridgehead atoms. The molecule has 0 saturated heterocycles. The summed E-state index contributed by atoms with van der Waals surface area (Å²) in [7, 11) is 0. The summed E-state index contributed by atoms with van der Waals surface area (Å²) < 4.78 is 0. The summed E-state index contributed by atoms with van der Waals surface area (Å²) in [6.45, 7) is 7.05. The van der Waals surface area contributed by atoms with E-state index in [2.05, 4.69) is 16.5 Å². The Balaban J connectivity index is 2.86. The van der Waals surface area contributed by atoms with E-state index in [1.807, 2.05) is 11.8 Å². The van der Waals surface area contributed by atoms with E-state index in [0.29, 0.717) is 12.4 Å². The molecule has 5 nitrogen and oxygen atoms in total. The van der Waals surface area contributed by atoms with Crippen molar-refractivity contribution < 1.29 is 9.90 Å². The number of anilines is 1. The van der Waals surface area contributed by atoms with Crippen LogP contribution < -0.4 is 4.90 Å². The lowest BCUT2D eigenvalue weighted by Gasteiger charge is -2.19. The van der Waals surface area contributed by atoms with E-state index in [9.17, 15) is 4.79 Å². The van der Waals surface area contributed by atoms with Gasteiger partial charge in [-0.05, 0) is 6.92 Å². The van der Waals surface area contributed by atoms with Crippen LogP contribution in [0.4, 0.5) is 5.82 Å². The van der Waals surface area contributed by atoms with Crippen LogP contribution in [0.1, 0.15) is 17.4 Å². The zero-order valence-corrected chi connectivity index (χ0v) is 8.55. The van der Waals surface area contributed by atoms with Crippen LogP contribution >= 0.6 is 0 Å². The average molecular weight is 207 g/mol. The van der Waals surface area contributed by atoms with Crippen molar-refractivity contribution in [3.05, 3.63) is 30.7 Å². The zero-order valence-electron chi connectivity index (χ0n) is 8.55. The molecule has 1 heterocycles. The Kier molecular flexibility index (Phi) is 3.79. The van der Waals surface area contributed by atoms with Gasteiger partial charge in [-0.15, -0.1) is 6.58 Å². The van der Waals surface area contributed by atoms with Crippen LogP contribution in [0.3, 0.4) is 0 Å². The van der Waals surface area contributed by atoms with Crippen LogP contribution in [-0.2, 0) is 0 Å². The first kappa shape index (κ1) is 11.2. The number of carboxylic acid groups (broad SMARTS) is 1. The van der Waals surface area contributed by atoms with Gasteiger partial charge in [-0.3, -0.25) is 0 Å². The quantitative estimate of drug-likeness (QED) is 0.734. The van der Waals surface area contributed by atoms with Crippen molar-refractivity contribution >= 4 is 11.8 Å². The summed E-state index contributed by atoms with van der Waals surface area (Å²) >= 11 is 0. The highest BCUT2D eigenvalue weighted by atomic mass is 16.4. The van der Waals surface area contributed by atoms with Crippen molar-refractivity contribution in [3.8, 4) is 0 Å². The Morgan fingerprint density at radius 2 is 2.33 bits per heavy atom. The van der Waals surface area contributed by atoms with E-state index in [1.54, 1.807) is 6.08 Å². The first-order valence-corrected chi connectivity index (χ1v) is 4.60. The number of hydrogen-bond acceptors (Lipinski definition) is 4. The van der Waals surface area contributed by atoms with Crippen molar-refractivity contribution in [1.82, 2.24) is 9.97 Å². The maximum absolute atomic E-state index is 10.5. The van der Waals surface area contributed by atoms with Gasteiger partial charge in [-0.2, -0.15) is 0 Å². The highest BCUT2D eigenvalue weighted by molar-refractivity contribution is 5.84. The summed E-state index contributed by atoms with van der Waals surface area (Å²) in [6.07, 6.45) is 4.47. The van der Waals surface area contributed by atoms with E-state index in [0.717, 1.165) is 6.54 Å². The van der Waals surface area contributed by atoms with E-state index in [4.69, 9.17) is 5.11 Å². The molecule has 15 heavy (non-hydrogen) atoms. The fraction of sp³-hybridized carbons (Fsp3) is 0.300. The Labute approximate surface area is 88.1 Å². The predicted octanol–water partition coefficient (Wildman–Crippen LogP) is 1.19.